The summed E-state index contributed by atoms with van der Waals surface area (Å²) < 4.78 is 17.4. The number of rotatable bonds is 7. The maximum absolute atomic E-state index is 12.9. The van der Waals surface area contributed by atoms with E-state index >= 15 is 0 Å². The van der Waals surface area contributed by atoms with Crippen molar-refractivity contribution in [1.29, 1.82) is 5.26 Å². The van der Waals surface area contributed by atoms with Crippen LogP contribution >= 0.6 is 11.6 Å². The lowest BCUT2D eigenvalue weighted by Gasteiger charge is -2.27. The number of hydrogen-bond acceptors (Lipinski definition) is 6. The summed E-state index contributed by atoms with van der Waals surface area (Å²) in [4.78, 5) is 12.9. The maximum Gasteiger partial charge on any atom is 0.315 e. The zero-order valence-electron chi connectivity index (χ0n) is 22.4. The van der Waals surface area contributed by atoms with E-state index in [0.29, 0.717) is 34.5 Å². The van der Waals surface area contributed by atoms with E-state index in [1.54, 1.807) is 18.2 Å². The van der Waals surface area contributed by atoms with E-state index in [1.807, 2.05) is 91.0 Å². The summed E-state index contributed by atoms with van der Waals surface area (Å²) in [6, 6.07) is 36.1. The number of nitrogens with zero attached hydrogens (tertiary/aromatic N) is 1. The van der Waals surface area contributed by atoms with Crippen molar-refractivity contribution >= 4 is 28.3 Å². The number of nitrogens with two attached hydrogens (primary N) is 1. The molecule has 0 bridgehead atoms. The van der Waals surface area contributed by atoms with Gasteiger partial charge in [0, 0.05) is 16.7 Å². The minimum Gasteiger partial charge on any atom is -0.489 e. The molecule has 0 radical (unpaired) electrons. The van der Waals surface area contributed by atoms with Gasteiger partial charge in [-0.2, -0.15) is 5.26 Å². The SMILES string of the molecule is N#CC1=C(N)Oc2cc(OC(=O)Cc3cccc4ccccc34)ccc2C1c1ccc(OCc2ccc(Cl)cc2)cc1. The standard InChI is InChI=1S/C35H25ClN2O4/c36-26-12-8-22(9-13-26)21-40-27-14-10-24(11-15-27)34-30-17-16-28(19-32(30)42-35(38)31(34)20-37)41-33(39)18-25-6-3-5-23-4-1-2-7-29(23)25/h1-17,19,34H,18,21,38H2. The minimum absolute atomic E-state index is 0.0114. The summed E-state index contributed by atoms with van der Waals surface area (Å²) in [5.41, 5.74) is 9.96. The zero-order valence-corrected chi connectivity index (χ0v) is 23.2. The molecular weight excluding hydrogens is 548 g/mol. The Bertz CT molecular complexity index is 1850. The van der Waals surface area contributed by atoms with Gasteiger partial charge in [-0.3, -0.25) is 4.79 Å². The monoisotopic (exact) mass is 572 g/mol. The van der Waals surface area contributed by atoms with Gasteiger partial charge in [-0.15, -0.1) is 0 Å². The van der Waals surface area contributed by atoms with Crippen LogP contribution in [0.1, 0.15) is 28.2 Å². The van der Waals surface area contributed by atoms with Gasteiger partial charge in [-0.1, -0.05) is 84.4 Å². The molecule has 6 rings (SSSR count). The molecule has 0 amide bonds. The van der Waals surface area contributed by atoms with Crippen LogP contribution < -0.4 is 19.9 Å². The lowest BCUT2D eigenvalue weighted by Crippen LogP contribution is -2.21. The van der Waals surface area contributed by atoms with Crippen LogP contribution in [0.25, 0.3) is 10.8 Å². The Morgan fingerprint density at radius 2 is 1.64 bits per heavy atom. The van der Waals surface area contributed by atoms with E-state index in [1.165, 1.54) is 0 Å². The fraction of sp³-hybridized carbons (Fsp3) is 0.0857. The van der Waals surface area contributed by atoms with Gasteiger partial charge >= 0.3 is 5.97 Å². The number of halogens is 1. The lowest BCUT2D eigenvalue weighted by atomic mass is 9.83. The highest BCUT2D eigenvalue weighted by atomic mass is 35.5. The summed E-state index contributed by atoms with van der Waals surface area (Å²) in [7, 11) is 0. The van der Waals surface area contributed by atoms with Crippen molar-refractivity contribution in [1.82, 2.24) is 0 Å². The number of carbonyl (C=O) groups excluding carboxylic acids is 1. The van der Waals surface area contributed by atoms with Crippen molar-refractivity contribution in [2.45, 2.75) is 18.9 Å². The second-order valence-corrected chi connectivity index (χ2v) is 10.3. The van der Waals surface area contributed by atoms with Crippen molar-refractivity contribution in [3.63, 3.8) is 0 Å². The van der Waals surface area contributed by atoms with E-state index in [9.17, 15) is 10.1 Å². The fourth-order valence-corrected chi connectivity index (χ4v) is 5.24. The normalized spacial score (nSPS) is 14.0. The first-order valence-electron chi connectivity index (χ1n) is 13.3. The molecule has 0 aromatic heterocycles. The predicted octanol–water partition coefficient (Wildman–Crippen LogP) is 7.44. The summed E-state index contributed by atoms with van der Waals surface area (Å²) in [6.45, 7) is 0.398. The van der Waals surface area contributed by atoms with Crippen LogP contribution in [-0.2, 0) is 17.8 Å². The number of ether oxygens (including phenoxy) is 3. The Balaban J connectivity index is 1.20. The first kappa shape index (κ1) is 26.9. The van der Waals surface area contributed by atoms with E-state index in [4.69, 9.17) is 31.5 Å². The van der Waals surface area contributed by atoms with Crippen LogP contribution in [-0.4, -0.2) is 5.97 Å². The third-order valence-corrected chi connectivity index (χ3v) is 7.42. The number of fused-ring (bicyclic) bond motifs is 2. The van der Waals surface area contributed by atoms with Crippen molar-refractivity contribution in [3.8, 4) is 23.3 Å². The Hall–Kier alpha value is -5.25. The van der Waals surface area contributed by atoms with Crippen molar-refractivity contribution in [3.05, 3.63) is 148 Å². The second kappa shape index (κ2) is 11.7. The number of esters is 1. The third kappa shape index (κ3) is 5.64. The minimum atomic E-state index is -0.454. The molecule has 206 valence electrons. The van der Waals surface area contributed by atoms with Gasteiger partial charge in [0.1, 0.15) is 35.5 Å². The van der Waals surface area contributed by atoms with Crippen molar-refractivity contribution < 1.29 is 19.0 Å². The first-order chi connectivity index (χ1) is 20.5. The highest BCUT2D eigenvalue weighted by Gasteiger charge is 2.31. The van der Waals surface area contributed by atoms with E-state index in [-0.39, 0.29) is 12.3 Å². The summed E-state index contributed by atoms with van der Waals surface area (Å²) >= 11 is 5.96. The molecule has 0 saturated heterocycles. The van der Waals surface area contributed by atoms with Gasteiger partial charge in [-0.05, 0) is 57.8 Å². The third-order valence-electron chi connectivity index (χ3n) is 7.17. The molecule has 2 N–H and O–H groups in total. The van der Waals surface area contributed by atoms with Crippen LogP contribution in [0, 0.1) is 11.3 Å². The molecule has 1 atom stereocenters. The Kier molecular flexibility index (Phi) is 7.50. The average Bonchev–Trinajstić information content (AvgIpc) is 3.00. The highest BCUT2D eigenvalue weighted by Crippen LogP contribution is 2.43. The molecule has 1 aliphatic heterocycles. The summed E-state index contributed by atoms with van der Waals surface area (Å²) in [6.07, 6.45) is 0.120. The topological polar surface area (TPSA) is 94.6 Å². The van der Waals surface area contributed by atoms with Crippen LogP contribution in [0.2, 0.25) is 5.02 Å². The van der Waals surface area contributed by atoms with Gasteiger partial charge in [0.2, 0.25) is 5.88 Å². The molecule has 0 fully saturated rings. The molecule has 0 aliphatic carbocycles. The molecule has 42 heavy (non-hydrogen) atoms. The lowest BCUT2D eigenvalue weighted by molar-refractivity contribution is -0.133. The van der Waals surface area contributed by atoms with E-state index < -0.39 is 11.9 Å². The maximum atomic E-state index is 12.9. The molecule has 5 aromatic rings. The Labute approximate surface area is 248 Å². The number of hydrogen-bond donors (Lipinski definition) is 1. The fourth-order valence-electron chi connectivity index (χ4n) is 5.12. The van der Waals surface area contributed by atoms with Crippen LogP contribution in [0.4, 0.5) is 0 Å². The Morgan fingerprint density at radius 1 is 0.905 bits per heavy atom. The van der Waals surface area contributed by atoms with Gasteiger partial charge in [0.25, 0.3) is 0 Å². The number of benzene rings is 5. The van der Waals surface area contributed by atoms with E-state index in [0.717, 1.165) is 33.0 Å². The molecule has 0 spiro atoms. The largest absolute Gasteiger partial charge is 0.489 e. The predicted molar refractivity (Wildman–Crippen MR) is 161 cm³/mol. The first-order valence-corrected chi connectivity index (χ1v) is 13.7. The Morgan fingerprint density at radius 3 is 2.43 bits per heavy atom. The van der Waals surface area contributed by atoms with Crippen molar-refractivity contribution in [2.75, 3.05) is 0 Å². The molecule has 5 aromatic carbocycles. The molecule has 1 aliphatic rings. The molecular formula is C35H25ClN2O4. The smallest absolute Gasteiger partial charge is 0.315 e. The molecule has 7 heteroatoms. The van der Waals surface area contributed by atoms with E-state index in [2.05, 4.69) is 6.07 Å². The summed E-state index contributed by atoms with van der Waals surface area (Å²) in [5.74, 6) is 0.604. The van der Waals surface area contributed by atoms with Gasteiger partial charge in [0.05, 0.1) is 12.3 Å². The van der Waals surface area contributed by atoms with Crippen LogP contribution in [0.3, 0.4) is 0 Å². The molecule has 6 nitrogen and oxygen atoms in total. The molecule has 0 saturated carbocycles. The summed E-state index contributed by atoms with van der Waals surface area (Å²) in [5, 5.41) is 12.7. The van der Waals surface area contributed by atoms with Crippen LogP contribution in [0.15, 0.2) is 121 Å². The number of allylic oxidation sites excluding steroid dienone is 1. The molecule has 1 unspecified atom stereocenters. The molecule has 1 heterocycles. The zero-order chi connectivity index (χ0) is 29.1. The van der Waals surface area contributed by atoms with Crippen LogP contribution in [0.5, 0.6) is 17.2 Å². The number of carbonyl (C=O) groups is 1. The van der Waals surface area contributed by atoms with Crippen molar-refractivity contribution in [2.24, 2.45) is 5.73 Å². The van der Waals surface area contributed by atoms with Gasteiger partial charge in [0.15, 0.2) is 0 Å². The quantitative estimate of drug-likeness (QED) is 0.161. The highest BCUT2D eigenvalue weighted by molar-refractivity contribution is 6.30. The van der Waals surface area contributed by atoms with Gasteiger partial charge < -0.3 is 19.9 Å². The average molecular weight is 573 g/mol. The number of nitriles is 1. The second-order valence-electron chi connectivity index (χ2n) is 9.90. The van der Waals surface area contributed by atoms with Gasteiger partial charge in [-0.25, -0.2) is 0 Å².